The van der Waals surface area contributed by atoms with Crippen molar-refractivity contribution in [1.29, 1.82) is 0 Å². The van der Waals surface area contributed by atoms with E-state index in [2.05, 4.69) is 16.4 Å². The Hall–Kier alpha value is -4.15. The molecule has 5 heterocycles. The van der Waals surface area contributed by atoms with Gasteiger partial charge in [0.05, 0.1) is 18.4 Å². The highest BCUT2D eigenvalue weighted by Gasteiger charge is 2.64. The Balaban J connectivity index is 1.25. The number of allylic oxidation sites excluding steroid dienone is 1. The van der Waals surface area contributed by atoms with Crippen LogP contribution in [-0.2, 0) is 38.4 Å². The molecule has 1 amide bonds. The molecule has 0 bridgehead atoms. The average Bonchev–Trinajstić information content (AvgIpc) is 3.59. The van der Waals surface area contributed by atoms with Crippen LogP contribution in [0.15, 0.2) is 63.0 Å². The number of amides is 1. The predicted molar refractivity (Wildman–Crippen MR) is 232 cm³/mol. The molecule has 1 saturated carbocycles. The molecule has 13 nitrogen and oxygen atoms in total. The minimum Gasteiger partial charge on any atom is -0.481 e. The van der Waals surface area contributed by atoms with E-state index in [0.29, 0.717) is 84.2 Å². The van der Waals surface area contributed by atoms with Crippen LogP contribution in [0.4, 0.5) is 5.82 Å². The Morgan fingerprint density at radius 3 is 2.77 bits per heavy atom. The fourth-order valence-electron chi connectivity index (χ4n) is 10.4. The molecule has 1 aromatic carbocycles. The second kappa shape index (κ2) is 17.0. The van der Waals surface area contributed by atoms with Crippen molar-refractivity contribution in [3.63, 3.8) is 0 Å². The van der Waals surface area contributed by atoms with Crippen molar-refractivity contribution in [3.05, 3.63) is 86.4 Å². The van der Waals surface area contributed by atoms with E-state index in [9.17, 15) is 29.4 Å². The van der Waals surface area contributed by atoms with Crippen molar-refractivity contribution in [3.8, 4) is 5.75 Å². The number of aliphatic hydroxyl groups is 2. The molecule has 1 spiro atoms. The van der Waals surface area contributed by atoms with Crippen LogP contribution >= 0.6 is 21.6 Å². The summed E-state index contributed by atoms with van der Waals surface area (Å²) in [5.74, 6) is 0.0907. The fourth-order valence-corrected chi connectivity index (χ4v) is 13.6. The number of fused-ring (bicyclic) bond motifs is 6. The van der Waals surface area contributed by atoms with Gasteiger partial charge in [-0.05, 0) is 94.3 Å². The number of aromatic nitrogens is 1. The van der Waals surface area contributed by atoms with Crippen LogP contribution in [0.25, 0.3) is 11.0 Å². The minimum atomic E-state index is -1.26. The zero-order chi connectivity index (χ0) is 42.5. The van der Waals surface area contributed by atoms with Gasteiger partial charge in [0.15, 0.2) is 11.2 Å². The maximum Gasteiger partial charge on any atom is 0.339 e. The maximum atomic E-state index is 14.5. The normalized spacial score (nSPS) is 30.4. The zero-order valence-corrected chi connectivity index (χ0v) is 36.1. The summed E-state index contributed by atoms with van der Waals surface area (Å²) in [6.45, 7) is 5.84. The number of esters is 1. The molecule has 9 unspecified atom stereocenters. The maximum absolute atomic E-state index is 14.5. The summed E-state index contributed by atoms with van der Waals surface area (Å²) in [5, 5.41) is 23.5. The Kier molecular flexibility index (Phi) is 12.0. The van der Waals surface area contributed by atoms with E-state index in [1.54, 1.807) is 59.8 Å². The number of nitrogens with one attached hydrogen (secondary N) is 1. The number of rotatable bonds is 10. The van der Waals surface area contributed by atoms with Crippen molar-refractivity contribution in [1.82, 2.24) is 15.2 Å². The Morgan fingerprint density at radius 1 is 1.22 bits per heavy atom. The van der Waals surface area contributed by atoms with Crippen molar-refractivity contribution in [2.24, 2.45) is 17.8 Å². The molecular weight excluding hydrogens is 805 g/mol. The highest BCUT2D eigenvalue weighted by molar-refractivity contribution is 8.77. The Morgan fingerprint density at radius 2 is 2.03 bits per heavy atom. The molecule has 0 radical (unpaired) electrons. The van der Waals surface area contributed by atoms with E-state index in [-0.39, 0.29) is 66.4 Å². The van der Waals surface area contributed by atoms with Gasteiger partial charge in [0.2, 0.25) is 5.91 Å². The summed E-state index contributed by atoms with van der Waals surface area (Å²) in [5.41, 5.74) is 8.05. The van der Waals surface area contributed by atoms with Gasteiger partial charge in [0.1, 0.15) is 23.4 Å². The fraction of sp³-hybridized carbons (Fsp3) is 0.533. The molecule has 3 aliphatic heterocycles. The lowest BCUT2D eigenvalue weighted by Gasteiger charge is -2.58. The summed E-state index contributed by atoms with van der Waals surface area (Å²) in [7, 11) is 5.32. The van der Waals surface area contributed by atoms with Crippen molar-refractivity contribution in [2.75, 3.05) is 38.3 Å². The largest absolute Gasteiger partial charge is 0.481 e. The van der Waals surface area contributed by atoms with Crippen LogP contribution in [0.5, 0.6) is 5.75 Å². The topological polar surface area (TPSA) is 195 Å². The first-order valence-corrected chi connectivity index (χ1v) is 23.3. The van der Waals surface area contributed by atoms with Crippen molar-refractivity contribution >= 4 is 56.5 Å². The van der Waals surface area contributed by atoms with Gasteiger partial charge < -0.3 is 44.8 Å². The van der Waals surface area contributed by atoms with Crippen molar-refractivity contribution in [2.45, 2.75) is 100 Å². The molecular formula is C45H54N4O9S2. The van der Waals surface area contributed by atoms with E-state index in [1.165, 1.54) is 0 Å². The first-order chi connectivity index (χ1) is 28.9. The van der Waals surface area contributed by atoms with Gasteiger partial charge in [0.25, 0.3) is 0 Å². The second-order valence-electron chi connectivity index (χ2n) is 17.3. The number of carbonyl (C=O) groups excluding carboxylic acids is 3. The van der Waals surface area contributed by atoms with Crippen LogP contribution in [0.1, 0.15) is 74.6 Å². The molecule has 15 heteroatoms. The van der Waals surface area contributed by atoms with E-state index in [1.807, 2.05) is 31.0 Å². The molecule has 1 saturated heterocycles. The third-order valence-electron chi connectivity index (χ3n) is 13.8. The average molecular weight is 859 g/mol. The predicted octanol–water partition coefficient (Wildman–Crippen LogP) is 4.69. The number of aldehydes is 1. The van der Waals surface area contributed by atoms with Gasteiger partial charge in [-0.15, -0.1) is 0 Å². The summed E-state index contributed by atoms with van der Waals surface area (Å²) in [6, 6.07) is 7.32. The number of nitrogens with zero attached hydrogens (tertiary/aromatic N) is 2. The molecule has 2 fully saturated rings. The SMILES string of the molecule is CC=C(C)C(=O)OC1(C)CC=C2CSSC3CC(C=O)C(NC)C4CN(C(=O)Cc5cnc(N)cc5C2C12Cc1cc5cc(CC(CO)CCCO)c(=O)oc5cc1O2)C34. The number of nitrogens with two attached hydrogens (primary N) is 1. The monoisotopic (exact) mass is 858 g/mol. The van der Waals surface area contributed by atoms with E-state index in [4.69, 9.17) is 19.6 Å². The number of ether oxygens (including phenoxy) is 2. The van der Waals surface area contributed by atoms with Crippen LogP contribution in [-0.4, -0.2) is 99.4 Å². The first-order valence-electron chi connectivity index (χ1n) is 20.9. The first kappa shape index (κ1) is 42.5. The minimum absolute atomic E-state index is 0.00241. The lowest BCUT2D eigenvalue weighted by atomic mass is 9.61. The van der Waals surface area contributed by atoms with E-state index in [0.717, 1.165) is 23.0 Å². The molecule has 60 heavy (non-hydrogen) atoms. The van der Waals surface area contributed by atoms with Crippen LogP contribution in [0, 0.1) is 17.8 Å². The second-order valence-corrected chi connectivity index (χ2v) is 19.9. The summed E-state index contributed by atoms with van der Waals surface area (Å²) in [4.78, 5) is 60.4. The molecule has 5 aliphatic rings. The summed E-state index contributed by atoms with van der Waals surface area (Å²) >= 11 is 0. The number of benzene rings is 1. The Labute approximate surface area is 357 Å². The number of pyridine rings is 1. The van der Waals surface area contributed by atoms with E-state index >= 15 is 0 Å². The molecule has 8 rings (SSSR count). The molecule has 320 valence electrons. The standard InChI is InChI=1S/C45H54N4O9S2/c1-5-24(2)42(54)58-44(3)9-8-26-23-59-60-36-14-31(22-52)40(47-4)33-20-49(41(33)36)38(53)15-30-19-48-37(46)16-32(30)39(26)45(44)18-29-13-27-12-28(11-25(21-51)7-6-10-50)43(55)56-34(27)17-35(29)57-45/h5,8,12-13,16-17,19,22,25,31,33,36,39-41,47,50-51H,6-7,9-11,14-15,18,20-21,23H2,1-4H3,(H2,46,48). The van der Waals surface area contributed by atoms with Crippen LogP contribution < -0.4 is 21.4 Å². The third-order valence-corrected chi connectivity index (χ3v) is 16.6. The Bertz CT molecular complexity index is 2320. The number of aliphatic hydroxyl groups excluding tert-OH is 2. The molecule has 5 N–H and O–H groups in total. The smallest absolute Gasteiger partial charge is 0.339 e. The van der Waals surface area contributed by atoms with Gasteiger partial charge in [-0.25, -0.2) is 14.6 Å². The van der Waals surface area contributed by atoms with Gasteiger partial charge >= 0.3 is 11.6 Å². The van der Waals surface area contributed by atoms with Gasteiger partial charge in [0, 0.05) is 90.3 Å². The lowest BCUT2D eigenvalue weighted by molar-refractivity contribution is -0.183. The van der Waals surface area contributed by atoms with Gasteiger partial charge in [-0.1, -0.05) is 39.3 Å². The van der Waals surface area contributed by atoms with Crippen LogP contribution in [0.3, 0.4) is 0 Å². The highest BCUT2D eigenvalue weighted by Crippen LogP contribution is 2.59. The lowest BCUT2D eigenvalue weighted by Crippen LogP contribution is -2.72. The van der Waals surface area contributed by atoms with Crippen LogP contribution in [0.2, 0.25) is 0 Å². The molecule has 2 aliphatic carbocycles. The van der Waals surface area contributed by atoms with Crippen molar-refractivity contribution < 1.29 is 38.5 Å². The highest BCUT2D eigenvalue weighted by atomic mass is 33.1. The molecule has 9 atom stereocenters. The third kappa shape index (κ3) is 7.37. The quantitative estimate of drug-likeness (QED) is 0.0548. The number of carbonyl (C=O) groups is 3. The summed E-state index contributed by atoms with van der Waals surface area (Å²) < 4.78 is 19.8. The summed E-state index contributed by atoms with van der Waals surface area (Å²) in [6.07, 6.45) is 9.35. The molecule has 2 aromatic heterocycles. The van der Waals surface area contributed by atoms with Gasteiger partial charge in [-0.2, -0.15) is 0 Å². The zero-order valence-electron chi connectivity index (χ0n) is 34.5. The number of hydrogen-bond donors (Lipinski definition) is 4. The number of nitrogen functional groups attached to an aromatic ring is 1. The molecule has 3 aromatic rings. The van der Waals surface area contributed by atoms with E-state index < -0.39 is 28.7 Å². The number of anilines is 1. The van der Waals surface area contributed by atoms with Gasteiger partial charge in [-0.3, -0.25) is 4.79 Å². The number of hydrogen-bond acceptors (Lipinski definition) is 14.